The smallest absolute Gasteiger partial charge is 0.321 e. The largest absolute Gasteiger partial charge is 0.480 e. The van der Waals surface area contributed by atoms with Crippen LogP contribution in [0.3, 0.4) is 0 Å². The molecule has 3 N–H and O–H groups in total. The van der Waals surface area contributed by atoms with Crippen molar-refractivity contribution in [3.05, 3.63) is 34.1 Å². The van der Waals surface area contributed by atoms with Crippen LogP contribution in [0.4, 0.5) is 4.39 Å². The van der Waals surface area contributed by atoms with Crippen molar-refractivity contribution in [2.75, 3.05) is 5.75 Å². The molecule has 0 aliphatic carbocycles. The minimum absolute atomic E-state index is 0.309. The van der Waals surface area contributed by atoms with E-state index in [1.807, 2.05) is 0 Å². The second-order valence-electron chi connectivity index (χ2n) is 3.24. The molecule has 16 heavy (non-hydrogen) atoms. The topological polar surface area (TPSA) is 63.3 Å². The lowest BCUT2D eigenvalue weighted by Crippen LogP contribution is -2.32. The molecule has 0 aliphatic rings. The van der Waals surface area contributed by atoms with Crippen LogP contribution in [-0.2, 0) is 10.5 Å². The summed E-state index contributed by atoms with van der Waals surface area (Å²) >= 11 is 4.56. The molecule has 0 heterocycles. The maximum absolute atomic E-state index is 13.0. The zero-order valence-corrected chi connectivity index (χ0v) is 10.7. The van der Waals surface area contributed by atoms with Gasteiger partial charge in [0.2, 0.25) is 0 Å². The number of hydrogen-bond acceptors (Lipinski definition) is 3. The Labute approximate surface area is 105 Å². The summed E-state index contributed by atoms with van der Waals surface area (Å²) in [4.78, 5) is 10.4. The van der Waals surface area contributed by atoms with Crippen LogP contribution in [0.5, 0.6) is 0 Å². The van der Waals surface area contributed by atoms with Gasteiger partial charge in [0.1, 0.15) is 11.9 Å². The van der Waals surface area contributed by atoms with Crippen molar-refractivity contribution in [2.45, 2.75) is 11.8 Å². The quantitative estimate of drug-likeness (QED) is 0.875. The van der Waals surface area contributed by atoms with Gasteiger partial charge in [-0.1, -0.05) is 15.9 Å². The van der Waals surface area contributed by atoms with Gasteiger partial charge in [-0.05, 0) is 23.8 Å². The zero-order valence-electron chi connectivity index (χ0n) is 8.32. The molecule has 0 radical (unpaired) electrons. The van der Waals surface area contributed by atoms with E-state index in [0.29, 0.717) is 16.0 Å². The lowest BCUT2D eigenvalue weighted by molar-refractivity contribution is -0.137. The van der Waals surface area contributed by atoms with Crippen LogP contribution in [0.2, 0.25) is 0 Å². The van der Waals surface area contributed by atoms with E-state index in [-0.39, 0.29) is 5.82 Å². The highest BCUT2D eigenvalue weighted by Gasteiger charge is 2.11. The van der Waals surface area contributed by atoms with Crippen LogP contribution in [0.1, 0.15) is 5.56 Å². The van der Waals surface area contributed by atoms with E-state index in [9.17, 15) is 9.18 Å². The molecule has 1 aromatic carbocycles. The number of hydrogen-bond donors (Lipinski definition) is 2. The van der Waals surface area contributed by atoms with Gasteiger partial charge < -0.3 is 10.8 Å². The van der Waals surface area contributed by atoms with Crippen molar-refractivity contribution < 1.29 is 14.3 Å². The average molecular weight is 308 g/mol. The van der Waals surface area contributed by atoms with Gasteiger partial charge >= 0.3 is 5.97 Å². The summed E-state index contributed by atoms with van der Waals surface area (Å²) in [5.41, 5.74) is 6.14. The third-order valence-electron chi connectivity index (χ3n) is 1.81. The second kappa shape index (κ2) is 6.22. The molecule has 0 bridgehead atoms. The lowest BCUT2D eigenvalue weighted by Gasteiger charge is -2.06. The van der Waals surface area contributed by atoms with E-state index in [2.05, 4.69) is 15.9 Å². The summed E-state index contributed by atoms with van der Waals surface area (Å²) < 4.78 is 13.7. The molecule has 0 fully saturated rings. The van der Waals surface area contributed by atoms with E-state index >= 15 is 0 Å². The number of benzene rings is 1. The first-order chi connectivity index (χ1) is 7.49. The summed E-state index contributed by atoms with van der Waals surface area (Å²) in [5, 5.41) is 8.56. The van der Waals surface area contributed by atoms with Crippen LogP contribution < -0.4 is 5.73 Å². The van der Waals surface area contributed by atoms with Crippen LogP contribution in [-0.4, -0.2) is 22.9 Å². The van der Waals surface area contributed by atoms with Crippen molar-refractivity contribution in [1.82, 2.24) is 0 Å². The highest BCUT2D eigenvalue weighted by molar-refractivity contribution is 9.10. The minimum atomic E-state index is -1.02. The molecular formula is C10H11BrFNO2S. The standard InChI is InChI=1S/C10H11BrFNO2S/c11-7-1-6(2-8(12)3-7)4-16-5-9(13)10(14)15/h1-3,9H,4-5,13H2,(H,14,15)/t9-/m1/s1. The molecule has 0 unspecified atom stereocenters. The zero-order chi connectivity index (χ0) is 12.1. The Kier molecular flexibility index (Phi) is 5.24. The fourth-order valence-electron chi connectivity index (χ4n) is 1.07. The molecule has 0 aromatic heterocycles. The maximum Gasteiger partial charge on any atom is 0.321 e. The fraction of sp³-hybridized carbons (Fsp3) is 0.300. The summed E-state index contributed by atoms with van der Waals surface area (Å²) in [6.45, 7) is 0. The fourth-order valence-corrected chi connectivity index (χ4v) is 2.50. The molecule has 88 valence electrons. The van der Waals surface area contributed by atoms with Crippen molar-refractivity contribution in [3.8, 4) is 0 Å². The van der Waals surface area contributed by atoms with Crippen molar-refractivity contribution >= 4 is 33.7 Å². The van der Waals surface area contributed by atoms with Gasteiger partial charge in [0.15, 0.2) is 0 Å². The van der Waals surface area contributed by atoms with Crippen LogP contribution >= 0.6 is 27.7 Å². The molecule has 0 aliphatic heterocycles. The van der Waals surface area contributed by atoms with Crippen molar-refractivity contribution in [1.29, 1.82) is 0 Å². The molecule has 6 heteroatoms. The van der Waals surface area contributed by atoms with Gasteiger partial charge in [-0.15, -0.1) is 0 Å². The summed E-state index contributed by atoms with van der Waals surface area (Å²) in [6, 6.07) is 3.71. The average Bonchev–Trinajstić information content (AvgIpc) is 2.15. The molecule has 0 spiro atoms. The van der Waals surface area contributed by atoms with Gasteiger partial charge in [0.25, 0.3) is 0 Å². The number of carboxylic acids is 1. The predicted molar refractivity (Wildman–Crippen MR) is 65.9 cm³/mol. The molecular weight excluding hydrogens is 297 g/mol. The van der Waals surface area contributed by atoms with E-state index < -0.39 is 12.0 Å². The van der Waals surface area contributed by atoms with Gasteiger partial charge in [0, 0.05) is 16.0 Å². The Morgan fingerprint density at radius 1 is 1.56 bits per heavy atom. The Balaban J connectivity index is 2.46. The Morgan fingerprint density at radius 3 is 2.81 bits per heavy atom. The molecule has 3 nitrogen and oxygen atoms in total. The SMILES string of the molecule is N[C@H](CSCc1cc(F)cc(Br)c1)C(=O)O. The molecule has 0 amide bonds. The number of thioether (sulfide) groups is 1. The predicted octanol–water partition coefficient (Wildman–Crippen LogP) is 2.23. The molecule has 1 aromatic rings. The van der Waals surface area contributed by atoms with Crippen molar-refractivity contribution in [2.24, 2.45) is 5.73 Å². The minimum Gasteiger partial charge on any atom is -0.480 e. The Morgan fingerprint density at radius 2 is 2.25 bits per heavy atom. The first-order valence-electron chi connectivity index (χ1n) is 4.50. The second-order valence-corrected chi connectivity index (χ2v) is 5.18. The highest BCUT2D eigenvalue weighted by atomic mass is 79.9. The molecule has 0 saturated carbocycles. The summed E-state index contributed by atoms with van der Waals surface area (Å²) in [6.07, 6.45) is 0. The number of aliphatic carboxylic acids is 1. The third kappa shape index (κ3) is 4.51. The van der Waals surface area contributed by atoms with Crippen LogP contribution in [0.25, 0.3) is 0 Å². The van der Waals surface area contributed by atoms with Gasteiger partial charge in [-0.25, -0.2) is 4.39 Å². The normalized spacial score (nSPS) is 12.4. The maximum atomic E-state index is 13.0. The first-order valence-corrected chi connectivity index (χ1v) is 6.45. The summed E-state index contributed by atoms with van der Waals surface area (Å²) in [5.74, 6) is -0.485. The lowest BCUT2D eigenvalue weighted by atomic mass is 10.2. The van der Waals surface area contributed by atoms with Crippen LogP contribution in [0.15, 0.2) is 22.7 Å². The Bertz CT molecular complexity index is 369. The molecule has 0 saturated heterocycles. The first kappa shape index (κ1) is 13.5. The Hall–Kier alpha value is -0.590. The number of carboxylic acid groups (broad SMARTS) is 1. The van der Waals surface area contributed by atoms with Gasteiger partial charge in [-0.2, -0.15) is 11.8 Å². The number of carbonyl (C=O) groups is 1. The monoisotopic (exact) mass is 307 g/mol. The van der Waals surface area contributed by atoms with Gasteiger partial charge in [0.05, 0.1) is 0 Å². The van der Waals surface area contributed by atoms with E-state index in [1.165, 1.54) is 23.9 Å². The number of rotatable bonds is 5. The van der Waals surface area contributed by atoms with E-state index in [1.54, 1.807) is 6.07 Å². The number of nitrogens with two attached hydrogens (primary N) is 1. The number of halogens is 2. The van der Waals surface area contributed by atoms with Gasteiger partial charge in [-0.3, -0.25) is 4.79 Å². The van der Waals surface area contributed by atoms with Crippen molar-refractivity contribution in [3.63, 3.8) is 0 Å². The summed E-state index contributed by atoms with van der Waals surface area (Å²) in [7, 11) is 0. The van der Waals surface area contributed by atoms with Crippen LogP contribution in [0, 0.1) is 5.82 Å². The highest BCUT2D eigenvalue weighted by Crippen LogP contribution is 2.19. The third-order valence-corrected chi connectivity index (χ3v) is 3.40. The molecule has 1 rings (SSSR count). The molecule has 1 atom stereocenters. The van der Waals surface area contributed by atoms with E-state index in [4.69, 9.17) is 10.8 Å². The van der Waals surface area contributed by atoms with E-state index in [0.717, 1.165) is 5.56 Å².